The number of hydrogen-bond acceptors (Lipinski definition) is 2. The summed E-state index contributed by atoms with van der Waals surface area (Å²) in [5.41, 5.74) is 1.56. The van der Waals surface area contributed by atoms with Crippen LogP contribution in [0.5, 0.6) is 0 Å². The highest BCUT2D eigenvalue weighted by atomic mass is 32.1. The van der Waals surface area contributed by atoms with Crippen molar-refractivity contribution in [2.75, 3.05) is 6.54 Å². The minimum Gasteiger partial charge on any atom is -0.310 e. The van der Waals surface area contributed by atoms with Crippen LogP contribution in [0.1, 0.15) is 54.5 Å². The van der Waals surface area contributed by atoms with E-state index in [2.05, 4.69) is 39.1 Å². The number of hydrogen-bond donors (Lipinski definition) is 1. The van der Waals surface area contributed by atoms with E-state index in [0.29, 0.717) is 6.04 Å². The highest BCUT2D eigenvalue weighted by molar-refractivity contribution is 7.12. The van der Waals surface area contributed by atoms with E-state index in [9.17, 15) is 0 Å². The SMILES string of the molecule is CCCNC(c1cc(C)sc1C)C(C)C1CC1. The molecule has 1 aromatic rings. The molecule has 0 aliphatic heterocycles. The Kier molecular flexibility index (Phi) is 4.26. The van der Waals surface area contributed by atoms with E-state index >= 15 is 0 Å². The minimum absolute atomic E-state index is 0.576. The summed E-state index contributed by atoms with van der Waals surface area (Å²) in [6.07, 6.45) is 4.09. The van der Waals surface area contributed by atoms with Gasteiger partial charge in [-0.05, 0) is 63.1 Å². The molecule has 17 heavy (non-hydrogen) atoms. The Labute approximate surface area is 110 Å². The van der Waals surface area contributed by atoms with Crippen molar-refractivity contribution in [2.24, 2.45) is 11.8 Å². The van der Waals surface area contributed by atoms with Gasteiger partial charge in [0.2, 0.25) is 0 Å². The van der Waals surface area contributed by atoms with E-state index in [1.807, 2.05) is 11.3 Å². The van der Waals surface area contributed by atoms with E-state index in [-0.39, 0.29) is 0 Å². The first-order valence-electron chi connectivity index (χ1n) is 6.93. The number of thiophene rings is 1. The van der Waals surface area contributed by atoms with Crippen LogP contribution in [0.15, 0.2) is 6.07 Å². The van der Waals surface area contributed by atoms with E-state index < -0.39 is 0 Å². The summed E-state index contributed by atoms with van der Waals surface area (Å²) in [7, 11) is 0. The second-order valence-electron chi connectivity index (χ2n) is 5.50. The fraction of sp³-hybridized carbons (Fsp3) is 0.733. The molecule has 0 aromatic carbocycles. The van der Waals surface area contributed by atoms with Gasteiger partial charge < -0.3 is 5.32 Å². The lowest BCUT2D eigenvalue weighted by Gasteiger charge is -2.25. The van der Waals surface area contributed by atoms with Crippen molar-refractivity contribution >= 4 is 11.3 Å². The molecule has 1 aliphatic rings. The molecule has 0 amide bonds. The molecule has 2 unspecified atom stereocenters. The van der Waals surface area contributed by atoms with Gasteiger partial charge in [-0.15, -0.1) is 11.3 Å². The molecule has 2 rings (SSSR count). The summed E-state index contributed by atoms with van der Waals surface area (Å²) in [5.74, 6) is 1.75. The van der Waals surface area contributed by atoms with E-state index in [1.165, 1.54) is 29.0 Å². The molecule has 1 aliphatic carbocycles. The van der Waals surface area contributed by atoms with Gasteiger partial charge in [-0.1, -0.05) is 13.8 Å². The van der Waals surface area contributed by atoms with Crippen molar-refractivity contribution in [1.82, 2.24) is 5.32 Å². The van der Waals surface area contributed by atoms with Crippen LogP contribution >= 0.6 is 11.3 Å². The van der Waals surface area contributed by atoms with Gasteiger partial charge in [0, 0.05) is 15.8 Å². The Balaban J connectivity index is 2.15. The van der Waals surface area contributed by atoms with Gasteiger partial charge in [-0.25, -0.2) is 0 Å². The second kappa shape index (κ2) is 5.53. The smallest absolute Gasteiger partial charge is 0.0359 e. The average molecular weight is 251 g/mol. The van der Waals surface area contributed by atoms with Crippen molar-refractivity contribution in [3.63, 3.8) is 0 Å². The van der Waals surface area contributed by atoms with Crippen LogP contribution in [-0.2, 0) is 0 Å². The fourth-order valence-electron chi connectivity index (χ4n) is 2.73. The van der Waals surface area contributed by atoms with Gasteiger partial charge in [0.05, 0.1) is 0 Å². The quantitative estimate of drug-likeness (QED) is 0.787. The zero-order chi connectivity index (χ0) is 12.4. The van der Waals surface area contributed by atoms with Crippen molar-refractivity contribution in [3.05, 3.63) is 21.4 Å². The van der Waals surface area contributed by atoms with E-state index in [1.54, 1.807) is 5.56 Å². The Morgan fingerprint density at radius 3 is 2.59 bits per heavy atom. The summed E-state index contributed by atoms with van der Waals surface area (Å²) in [6, 6.07) is 2.97. The van der Waals surface area contributed by atoms with Crippen LogP contribution in [0.2, 0.25) is 0 Å². The number of aryl methyl sites for hydroxylation is 2. The molecule has 1 N–H and O–H groups in total. The van der Waals surface area contributed by atoms with Crippen LogP contribution in [0.3, 0.4) is 0 Å². The topological polar surface area (TPSA) is 12.0 Å². The van der Waals surface area contributed by atoms with Crippen molar-refractivity contribution < 1.29 is 0 Å². The molecule has 96 valence electrons. The maximum Gasteiger partial charge on any atom is 0.0359 e. The molecule has 0 saturated heterocycles. The first-order chi connectivity index (χ1) is 8.13. The number of nitrogens with one attached hydrogen (secondary N) is 1. The second-order valence-corrected chi connectivity index (χ2v) is 6.96. The molecule has 2 heteroatoms. The van der Waals surface area contributed by atoms with Gasteiger partial charge in [-0.3, -0.25) is 0 Å². The van der Waals surface area contributed by atoms with E-state index in [0.717, 1.165) is 18.4 Å². The van der Waals surface area contributed by atoms with Crippen molar-refractivity contribution in [2.45, 2.75) is 53.0 Å². The molecular weight excluding hydrogens is 226 g/mol. The Morgan fingerprint density at radius 1 is 1.41 bits per heavy atom. The lowest BCUT2D eigenvalue weighted by atomic mass is 9.90. The summed E-state index contributed by atoms with van der Waals surface area (Å²) in [5, 5.41) is 3.77. The van der Waals surface area contributed by atoms with Gasteiger partial charge in [0.15, 0.2) is 0 Å². The predicted molar refractivity (Wildman–Crippen MR) is 76.7 cm³/mol. The average Bonchev–Trinajstić information content (AvgIpc) is 3.06. The zero-order valence-corrected chi connectivity index (χ0v) is 12.4. The van der Waals surface area contributed by atoms with Crippen LogP contribution in [0, 0.1) is 25.7 Å². The third kappa shape index (κ3) is 3.11. The Bertz CT molecular complexity index is 365. The molecule has 1 aromatic heterocycles. The molecule has 0 spiro atoms. The molecule has 1 nitrogen and oxygen atoms in total. The van der Waals surface area contributed by atoms with Crippen molar-refractivity contribution in [3.8, 4) is 0 Å². The van der Waals surface area contributed by atoms with Crippen molar-refractivity contribution in [1.29, 1.82) is 0 Å². The largest absolute Gasteiger partial charge is 0.310 e. The van der Waals surface area contributed by atoms with Crippen LogP contribution in [-0.4, -0.2) is 6.54 Å². The molecule has 0 bridgehead atoms. The standard InChI is InChI=1S/C15H25NS/c1-5-8-16-15(11(3)13-6-7-13)14-9-10(2)17-12(14)4/h9,11,13,15-16H,5-8H2,1-4H3. The fourth-order valence-corrected chi connectivity index (χ4v) is 3.70. The molecule has 1 fully saturated rings. The Hall–Kier alpha value is -0.340. The summed E-state index contributed by atoms with van der Waals surface area (Å²) in [6.45, 7) is 10.3. The molecule has 2 atom stereocenters. The first kappa shape index (κ1) is 13.1. The van der Waals surface area contributed by atoms with Gasteiger partial charge in [0.25, 0.3) is 0 Å². The van der Waals surface area contributed by atoms with Gasteiger partial charge >= 0.3 is 0 Å². The predicted octanol–water partition coefficient (Wildman–Crippen LogP) is 4.45. The first-order valence-corrected chi connectivity index (χ1v) is 7.75. The summed E-state index contributed by atoms with van der Waals surface area (Å²) >= 11 is 1.94. The monoisotopic (exact) mass is 251 g/mol. The van der Waals surface area contributed by atoms with Gasteiger partial charge in [0.1, 0.15) is 0 Å². The van der Waals surface area contributed by atoms with Crippen LogP contribution < -0.4 is 5.32 Å². The number of rotatable bonds is 6. The lowest BCUT2D eigenvalue weighted by molar-refractivity contribution is 0.349. The van der Waals surface area contributed by atoms with Crippen LogP contribution in [0.4, 0.5) is 0 Å². The molecule has 1 saturated carbocycles. The highest BCUT2D eigenvalue weighted by Gasteiger charge is 2.34. The third-order valence-corrected chi connectivity index (χ3v) is 4.90. The maximum atomic E-state index is 3.77. The zero-order valence-electron chi connectivity index (χ0n) is 11.5. The summed E-state index contributed by atoms with van der Waals surface area (Å²) < 4.78 is 0. The highest BCUT2D eigenvalue weighted by Crippen LogP contribution is 2.44. The van der Waals surface area contributed by atoms with E-state index in [4.69, 9.17) is 0 Å². The van der Waals surface area contributed by atoms with Crippen LogP contribution in [0.25, 0.3) is 0 Å². The van der Waals surface area contributed by atoms with Gasteiger partial charge in [-0.2, -0.15) is 0 Å². The molecular formula is C15H25NS. The molecule has 0 radical (unpaired) electrons. The maximum absolute atomic E-state index is 3.77. The Morgan fingerprint density at radius 2 is 2.12 bits per heavy atom. The third-order valence-electron chi connectivity index (χ3n) is 3.92. The summed E-state index contributed by atoms with van der Waals surface area (Å²) in [4.78, 5) is 2.95. The normalized spacial score (nSPS) is 19.3. The minimum atomic E-state index is 0.576. The lowest BCUT2D eigenvalue weighted by Crippen LogP contribution is -2.28. The molecule has 1 heterocycles.